The highest BCUT2D eigenvalue weighted by Crippen LogP contribution is 2.22. The number of hydrogen-bond donors (Lipinski definition) is 1. The molecule has 0 aliphatic carbocycles. The van der Waals surface area contributed by atoms with Crippen LogP contribution in [-0.2, 0) is 9.53 Å². The van der Waals surface area contributed by atoms with Crippen molar-refractivity contribution in [2.75, 3.05) is 0 Å². The minimum atomic E-state index is -4.54. The number of carbonyl (C=O) groups excluding carboxylic acids is 1. The Morgan fingerprint density at radius 2 is 2.00 bits per heavy atom. The van der Waals surface area contributed by atoms with Crippen molar-refractivity contribution in [1.29, 1.82) is 5.41 Å². The molecule has 6 heteroatoms. The van der Waals surface area contributed by atoms with Gasteiger partial charge in [-0.15, -0.1) is 0 Å². The first-order valence-electron chi connectivity index (χ1n) is 3.53. The van der Waals surface area contributed by atoms with Crippen LogP contribution in [0.25, 0.3) is 0 Å². The van der Waals surface area contributed by atoms with Crippen LogP contribution < -0.4 is 0 Å². The quantitative estimate of drug-likeness (QED) is 0.555. The van der Waals surface area contributed by atoms with Crippen LogP contribution in [0, 0.1) is 5.41 Å². The summed E-state index contributed by atoms with van der Waals surface area (Å²) in [4.78, 5) is 10.6. The van der Waals surface area contributed by atoms with E-state index in [2.05, 4.69) is 4.74 Å². The van der Waals surface area contributed by atoms with Gasteiger partial charge in [-0.05, 0) is 13.8 Å². The van der Waals surface area contributed by atoms with Gasteiger partial charge >= 0.3 is 12.1 Å². The molecular formula is C7H10F3NO2. The number of alkyl halides is 3. The zero-order valence-corrected chi connectivity index (χ0v) is 7.23. The fraction of sp³-hybridized carbons (Fsp3) is 0.714. The lowest BCUT2D eigenvalue weighted by atomic mass is 10.3. The van der Waals surface area contributed by atoms with Gasteiger partial charge in [0.1, 0.15) is 0 Å². The molecule has 0 heterocycles. The van der Waals surface area contributed by atoms with Crippen LogP contribution in [0.2, 0.25) is 0 Å². The van der Waals surface area contributed by atoms with E-state index >= 15 is 0 Å². The normalized spacial score (nSPS) is 13.6. The van der Waals surface area contributed by atoms with E-state index in [-0.39, 0.29) is 5.71 Å². The molecule has 76 valence electrons. The maximum Gasteiger partial charge on any atom is 0.425 e. The van der Waals surface area contributed by atoms with Gasteiger partial charge in [0, 0.05) is 5.71 Å². The van der Waals surface area contributed by atoms with E-state index in [0.29, 0.717) is 0 Å². The number of carbonyl (C=O) groups is 1. The molecule has 0 aliphatic rings. The average Bonchev–Trinajstić information content (AvgIpc) is 1.82. The Balaban J connectivity index is 4.00. The zero-order chi connectivity index (χ0) is 10.6. The third kappa shape index (κ3) is 5.21. The summed E-state index contributed by atoms with van der Waals surface area (Å²) in [5, 5.41) is 6.84. The molecule has 0 rings (SSSR count). The molecular weight excluding hydrogens is 187 g/mol. The van der Waals surface area contributed by atoms with E-state index in [1.54, 1.807) is 0 Å². The Morgan fingerprint density at radius 1 is 1.54 bits per heavy atom. The van der Waals surface area contributed by atoms with E-state index in [1.165, 1.54) is 6.92 Å². The number of nitrogens with one attached hydrogen (secondary N) is 1. The van der Waals surface area contributed by atoms with Crippen LogP contribution in [0.15, 0.2) is 0 Å². The molecule has 0 aliphatic heterocycles. The Morgan fingerprint density at radius 3 is 2.31 bits per heavy atom. The summed E-state index contributed by atoms with van der Waals surface area (Å²) >= 11 is 0. The maximum atomic E-state index is 11.8. The summed E-state index contributed by atoms with van der Waals surface area (Å²) in [6.45, 7) is 2.07. The molecule has 13 heavy (non-hydrogen) atoms. The predicted molar refractivity (Wildman–Crippen MR) is 39.6 cm³/mol. The lowest BCUT2D eigenvalue weighted by Crippen LogP contribution is -2.31. The standard InChI is InChI=1S/C7H10F3NO2/c1-4(11)3-6(12)13-5(2)7(8,9)10/h5,11H,3H2,1-2H3. The van der Waals surface area contributed by atoms with Gasteiger partial charge in [-0.2, -0.15) is 13.2 Å². The van der Waals surface area contributed by atoms with Gasteiger partial charge in [-0.25, -0.2) is 0 Å². The summed E-state index contributed by atoms with van der Waals surface area (Å²) in [5.74, 6) is -1.03. The van der Waals surface area contributed by atoms with Crippen LogP contribution in [0.3, 0.4) is 0 Å². The second-order valence-corrected chi connectivity index (χ2v) is 2.63. The number of rotatable bonds is 3. The number of ether oxygens (including phenoxy) is 1. The second-order valence-electron chi connectivity index (χ2n) is 2.63. The molecule has 0 aromatic carbocycles. The summed E-state index contributed by atoms with van der Waals surface area (Å²) in [6, 6.07) is 0. The SMILES string of the molecule is CC(=N)CC(=O)OC(C)C(F)(F)F. The van der Waals surface area contributed by atoms with Crippen molar-refractivity contribution < 1.29 is 22.7 Å². The molecule has 0 radical (unpaired) electrons. The Hall–Kier alpha value is -1.07. The molecule has 3 nitrogen and oxygen atoms in total. The molecule has 0 aromatic heterocycles. The van der Waals surface area contributed by atoms with Gasteiger partial charge in [-0.3, -0.25) is 4.79 Å². The number of halogens is 3. The minimum absolute atomic E-state index is 0.0284. The van der Waals surface area contributed by atoms with Crippen LogP contribution in [0.5, 0.6) is 0 Å². The van der Waals surface area contributed by atoms with Gasteiger partial charge in [0.2, 0.25) is 0 Å². The lowest BCUT2D eigenvalue weighted by molar-refractivity contribution is -0.215. The summed E-state index contributed by atoms with van der Waals surface area (Å²) in [6.07, 6.45) is -7.05. The van der Waals surface area contributed by atoms with Crippen LogP contribution in [0.4, 0.5) is 13.2 Å². The van der Waals surface area contributed by atoms with Gasteiger partial charge < -0.3 is 10.1 Å². The van der Waals surface area contributed by atoms with E-state index in [4.69, 9.17) is 5.41 Å². The van der Waals surface area contributed by atoms with Crippen LogP contribution in [0.1, 0.15) is 20.3 Å². The molecule has 1 unspecified atom stereocenters. The molecule has 1 N–H and O–H groups in total. The first kappa shape index (κ1) is 11.9. The number of esters is 1. The van der Waals surface area contributed by atoms with Gasteiger partial charge in [0.15, 0.2) is 6.10 Å². The van der Waals surface area contributed by atoms with Gasteiger partial charge in [0.25, 0.3) is 0 Å². The van der Waals surface area contributed by atoms with Crippen molar-refractivity contribution in [2.45, 2.75) is 32.5 Å². The Bertz CT molecular complexity index is 212. The first-order valence-corrected chi connectivity index (χ1v) is 3.53. The summed E-state index contributed by atoms with van der Waals surface area (Å²) < 4.78 is 39.5. The van der Waals surface area contributed by atoms with E-state index in [1.807, 2.05) is 0 Å². The van der Waals surface area contributed by atoms with Crippen molar-refractivity contribution in [3.63, 3.8) is 0 Å². The molecule has 0 aromatic rings. The molecule has 0 saturated heterocycles. The van der Waals surface area contributed by atoms with E-state index < -0.39 is 24.7 Å². The highest BCUT2D eigenvalue weighted by Gasteiger charge is 2.39. The molecule has 0 fully saturated rings. The van der Waals surface area contributed by atoms with Crippen molar-refractivity contribution >= 4 is 11.7 Å². The monoisotopic (exact) mass is 197 g/mol. The first-order chi connectivity index (χ1) is 5.73. The lowest BCUT2D eigenvalue weighted by Gasteiger charge is -2.15. The largest absolute Gasteiger partial charge is 0.453 e. The highest BCUT2D eigenvalue weighted by atomic mass is 19.4. The highest BCUT2D eigenvalue weighted by molar-refractivity contribution is 5.95. The molecule has 0 amide bonds. The summed E-state index contributed by atoms with van der Waals surface area (Å²) in [5.41, 5.74) is -0.0284. The van der Waals surface area contributed by atoms with Crippen LogP contribution >= 0.6 is 0 Å². The predicted octanol–water partition coefficient (Wildman–Crippen LogP) is 1.91. The van der Waals surface area contributed by atoms with Crippen LogP contribution in [-0.4, -0.2) is 24.0 Å². The smallest absolute Gasteiger partial charge is 0.425 e. The summed E-state index contributed by atoms with van der Waals surface area (Å²) in [7, 11) is 0. The Kier molecular flexibility index (Phi) is 3.90. The zero-order valence-electron chi connectivity index (χ0n) is 7.23. The third-order valence-electron chi connectivity index (χ3n) is 1.18. The minimum Gasteiger partial charge on any atom is -0.453 e. The molecule has 0 spiro atoms. The van der Waals surface area contributed by atoms with Gasteiger partial charge in [0.05, 0.1) is 6.42 Å². The molecule has 1 atom stereocenters. The van der Waals surface area contributed by atoms with Crippen molar-refractivity contribution in [1.82, 2.24) is 0 Å². The second kappa shape index (κ2) is 4.25. The average molecular weight is 197 g/mol. The number of hydrogen-bond acceptors (Lipinski definition) is 3. The molecule has 0 bridgehead atoms. The van der Waals surface area contributed by atoms with Crippen molar-refractivity contribution in [3.8, 4) is 0 Å². The van der Waals surface area contributed by atoms with E-state index in [9.17, 15) is 18.0 Å². The van der Waals surface area contributed by atoms with Crippen molar-refractivity contribution in [2.24, 2.45) is 0 Å². The van der Waals surface area contributed by atoms with E-state index in [0.717, 1.165) is 6.92 Å². The maximum absolute atomic E-state index is 11.8. The van der Waals surface area contributed by atoms with Crippen molar-refractivity contribution in [3.05, 3.63) is 0 Å². The third-order valence-corrected chi connectivity index (χ3v) is 1.18. The van der Waals surface area contributed by atoms with Gasteiger partial charge in [-0.1, -0.05) is 0 Å². The molecule has 0 saturated carbocycles. The fourth-order valence-electron chi connectivity index (χ4n) is 0.522. The Labute approximate surface area is 73.4 Å². The topological polar surface area (TPSA) is 50.2 Å². The fourth-order valence-corrected chi connectivity index (χ4v) is 0.522.